The van der Waals surface area contributed by atoms with Crippen molar-refractivity contribution in [1.82, 2.24) is 4.98 Å². The lowest BCUT2D eigenvalue weighted by Gasteiger charge is -2.03. The average molecular weight is 265 g/mol. The van der Waals surface area contributed by atoms with Crippen molar-refractivity contribution in [1.29, 1.82) is 0 Å². The van der Waals surface area contributed by atoms with Gasteiger partial charge in [-0.15, -0.1) is 0 Å². The van der Waals surface area contributed by atoms with Gasteiger partial charge in [0, 0.05) is 0 Å². The van der Waals surface area contributed by atoms with E-state index in [9.17, 15) is 0 Å². The highest BCUT2D eigenvalue weighted by Crippen LogP contribution is 2.15. The lowest BCUT2D eigenvalue weighted by atomic mass is 10.4. The highest BCUT2D eigenvalue weighted by molar-refractivity contribution is 14.1. The number of nitrogens with one attached hydrogen (secondary N) is 1. The second-order valence-corrected chi connectivity index (χ2v) is 3.06. The summed E-state index contributed by atoms with van der Waals surface area (Å²) in [6, 6.07) is 1.85. The third-order valence-electron chi connectivity index (χ3n) is 1.09. The third-order valence-corrected chi connectivity index (χ3v) is 1.95. The molecule has 0 aliphatic heterocycles. The van der Waals surface area contributed by atoms with Crippen LogP contribution in [0.2, 0.25) is 0 Å². The van der Waals surface area contributed by atoms with Gasteiger partial charge in [0.25, 0.3) is 0 Å². The van der Waals surface area contributed by atoms with Crippen LogP contribution in [0.4, 0.5) is 11.5 Å². The van der Waals surface area contributed by atoms with Gasteiger partial charge in [0.2, 0.25) is 0 Å². The molecular weight excluding hydrogens is 257 g/mol. The number of rotatable bonds is 2. The van der Waals surface area contributed by atoms with E-state index in [0.717, 1.165) is 9.26 Å². The van der Waals surface area contributed by atoms with Crippen molar-refractivity contribution in [2.75, 3.05) is 18.3 Å². The molecule has 0 bridgehead atoms. The molecule has 0 saturated carbocycles. The lowest BCUT2D eigenvalue weighted by Crippen LogP contribution is -1.99. The van der Waals surface area contributed by atoms with Gasteiger partial charge >= 0.3 is 0 Å². The maximum atomic E-state index is 5.50. The van der Waals surface area contributed by atoms with Crippen molar-refractivity contribution in [2.24, 2.45) is 0 Å². The summed E-state index contributed by atoms with van der Waals surface area (Å²) in [4.78, 5) is 8.61. The second-order valence-electron chi connectivity index (χ2n) is 1.90. The number of nitrogens with two attached hydrogens (primary N) is 1. The molecule has 0 saturated heterocycles. The Balaban J connectivity index is 2.86. The average Bonchev–Trinajstić information content (AvgIpc) is 1.98. The molecule has 0 fully saturated rings. The Morgan fingerprint density at radius 3 is 3.00 bits per heavy atom. The van der Waals surface area contributed by atoms with Gasteiger partial charge in [-0.25, -0.2) is 4.98 Å². The molecule has 0 spiro atoms. The van der Waals surface area contributed by atoms with E-state index in [0.29, 0.717) is 5.82 Å². The quantitative estimate of drug-likeness (QED) is 0.624. The Morgan fingerprint density at radius 1 is 1.73 bits per heavy atom. The molecule has 1 rings (SSSR count). The molecule has 0 aliphatic carbocycles. The minimum absolute atomic E-state index is 0.534. The zero-order valence-electron chi connectivity index (χ0n) is 5.97. The maximum absolute atomic E-state index is 5.50. The summed E-state index contributed by atoms with van der Waals surface area (Å²) in [6.45, 7) is 0. The van der Waals surface area contributed by atoms with Crippen LogP contribution in [0.1, 0.15) is 0 Å². The Labute approximate surface area is 78.2 Å². The van der Waals surface area contributed by atoms with E-state index in [1.807, 2.05) is 6.07 Å². The zero-order valence-corrected chi connectivity index (χ0v) is 8.12. The first-order valence-corrected chi connectivity index (χ1v) is 4.02. The maximum Gasteiger partial charge on any atom is 0.136 e. The van der Waals surface area contributed by atoms with Crippen LogP contribution in [0.5, 0.6) is 0 Å². The van der Waals surface area contributed by atoms with Crippen LogP contribution < -0.4 is 11.2 Å². The van der Waals surface area contributed by atoms with Gasteiger partial charge < -0.3 is 5.73 Å². The molecule has 1 heterocycles. The Hall–Kier alpha value is -0.560. The number of halogens is 1. The fourth-order valence-corrected chi connectivity index (χ4v) is 1.10. The smallest absolute Gasteiger partial charge is 0.136 e. The normalized spacial score (nSPS) is 9.64. The molecule has 0 radical (unpaired) electrons. The van der Waals surface area contributed by atoms with Gasteiger partial charge in [0.15, 0.2) is 0 Å². The Kier molecular flexibility index (Phi) is 2.89. The summed E-state index contributed by atoms with van der Waals surface area (Å²) in [7, 11) is 1.54. The van der Waals surface area contributed by atoms with Crippen molar-refractivity contribution in [3.05, 3.63) is 15.8 Å². The molecule has 0 unspecified atom stereocenters. The molecule has 4 nitrogen and oxygen atoms in total. The number of nitrogen functional groups attached to an aromatic ring is 1. The molecule has 0 aromatic carbocycles. The molecule has 1 aromatic rings. The van der Waals surface area contributed by atoms with Crippen LogP contribution >= 0.6 is 22.6 Å². The number of anilines is 2. The van der Waals surface area contributed by atoms with Crippen LogP contribution in [0.25, 0.3) is 0 Å². The molecule has 0 atom stereocenters. The van der Waals surface area contributed by atoms with Crippen molar-refractivity contribution in [3.63, 3.8) is 0 Å². The summed E-state index contributed by atoms with van der Waals surface area (Å²) in [5, 5.41) is 0. The van der Waals surface area contributed by atoms with Crippen LogP contribution in [0.15, 0.2) is 12.3 Å². The second kappa shape index (κ2) is 3.72. The highest BCUT2D eigenvalue weighted by Gasteiger charge is 1.97. The predicted molar refractivity (Wildman–Crippen MR) is 52.0 cm³/mol. The van der Waals surface area contributed by atoms with E-state index in [2.05, 4.69) is 37.9 Å². The summed E-state index contributed by atoms with van der Waals surface area (Å²) >= 11 is 2.11. The van der Waals surface area contributed by atoms with Crippen LogP contribution in [-0.2, 0) is 4.84 Å². The number of aromatic nitrogens is 1. The summed E-state index contributed by atoms with van der Waals surface area (Å²) in [6.07, 6.45) is 1.61. The first kappa shape index (κ1) is 8.54. The lowest BCUT2D eigenvalue weighted by molar-refractivity contribution is 0.271. The van der Waals surface area contributed by atoms with Crippen molar-refractivity contribution < 1.29 is 4.84 Å². The fourth-order valence-electron chi connectivity index (χ4n) is 0.622. The molecule has 5 heteroatoms. The van der Waals surface area contributed by atoms with E-state index < -0.39 is 0 Å². The Bertz CT molecular complexity index is 254. The van der Waals surface area contributed by atoms with Gasteiger partial charge in [0.1, 0.15) is 5.82 Å². The van der Waals surface area contributed by atoms with E-state index in [-0.39, 0.29) is 0 Å². The molecule has 0 aliphatic rings. The molecule has 1 aromatic heterocycles. The summed E-state index contributed by atoms with van der Waals surface area (Å²) < 4.78 is 0.907. The van der Waals surface area contributed by atoms with E-state index in [1.165, 1.54) is 0 Å². The summed E-state index contributed by atoms with van der Waals surface area (Å²) in [5.74, 6) is 0.534. The van der Waals surface area contributed by atoms with Crippen molar-refractivity contribution >= 4 is 34.1 Å². The predicted octanol–water partition coefficient (Wildman–Crippen LogP) is 1.24. The monoisotopic (exact) mass is 265 g/mol. The molecular formula is C6H8IN3O. The topological polar surface area (TPSA) is 60.2 Å². The first-order valence-electron chi connectivity index (χ1n) is 2.94. The number of hydrogen-bond acceptors (Lipinski definition) is 4. The Morgan fingerprint density at radius 2 is 2.45 bits per heavy atom. The van der Waals surface area contributed by atoms with Crippen LogP contribution in [0.3, 0.4) is 0 Å². The standard InChI is InChI=1S/C6H8IN3O/c1-11-10-4-2-5(7)6(8)9-3-4/h2-3,10H,1H3,(H2,8,9). The van der Waals surface area contributed by atoms with E-state index in [1.54, 1.807) is 13.3 Å². The minimum atomic E-state index is 0.534. The summed E-state index contributed by atoms with van der Waals surface area (Å²) in [5.41, 5.74) is 8.95. The van der Waals surface area contributed by atoms with E-state index in [4.69, 9.17) is 5.73 Å². The van der Waals surface area contributed by atoms with Gasteiger partial charge in [-0.3, -0.25) is 10.3 Å². The van der Waals surface area contributed by atoms with Crippen LogP contribution in [-0.4, -0.2) is 12.1 Å². The number of pyridine rings is 1. The van der Waals surface area contributed by atoms with Crippen molar-refractivity contribution in [2.45, 2.75) is 0 Å². The van der Waals surface area contributed by atoms with Crippen LogP contribution in [0, 0.1) is 3.57 Å². The molecule has 60 valence electrons. The van der Waals surface area contributed by atoms with Gasteiger partial charge in [-0.05, 0) is 28.7 Å². The first-order chi connectivity index (χ1) is 5.24. The highest BCUT2D eigenvalue weighted by atomic mass is 127. The van der Waals surface area contributed by atoms with E-state index >= 15 is 0 Å². The van der Waals surface area contributed by atoms with Gasteiger partial charge in [0.05, 0.1) is 22.6 Å². The molecule has 0 amide bonds. The minimum Gasteiger partial charge on any atom is -0.383 e. The number of nitrogens with zero attached hydrogens (tertiary/aromatic N) is 1. The zero-order chi connectivity index (χ0) is 8.27. The van der Waals surface area contributed by atoms with Gasteiger partial charge in [-0.1, -0.05) is 0 Å². The molecule has 3 N–H and O–H groups in total. The largest absolute Gasteiger partial charge is 0.383 e. The fraction of sp³-hybridized carbons (Fsp3) is 0.167. The SMILES string of the molecule is CONc1cnc(N)c(I)c1. The molecule has 11 heavy (non-hydrogen) atoms. The van der Waals surface area contributed by atoms with Gasteiger partial charge in [-0.2, -0.15) is 0 Å². The van der Waals surface area contributed by atoms with Crippen molar-refractivity contribution in [3.8, 4) is 0 Å². The third kappa shape index (κ3) is 2.19. The number of hydrogen-bond donors (Lipinski definition) is 2.